The van der Waals surface area contributed by atoms with E-state index in [0.29, 0.717) is 25.9 Å². The molecule has 2 amide bonds. The first-order chi connectivity index (χ1) is 17.2. The van der Waals surface area contributed by atoms with E-state index >= 15 is 0 Å². The predicted molar refractivity (Wildman–Crippen MR) is 143 cm³/mol. The van der Waals surface area contributed by atoms with Gasteiger partial charge in [0.15, 0.2) is 0 Å². The van der Waals surface area contributed by atoms with Crippen LogP contribution in [0.3, 0.4) is 0 Å². The summed E-state index contributed by atoms with van der Waals surface area (Å²) in [5, 5.41) is 10.4. The van der Waals surface area contributed by atoms with Gasteiger partial charge in [0.2, 0.25) is 11.8 Å². The Morgan fingerprint density at radius 2 is 2.03 bits per heavy atom. The van der Waals surface area contributed by atoms with Gasteiger partial charge in [0.05, 0.1) is 35.8 Å². The number of hydrogen-bond donors (Lipinski definition) is 1. The van der Waals surface area contributed by atoms with Gasteiger partial charge in [-0.05, 0) is 38.5 Å². The van der Waals surface area contributed by atoms with Crippen molar-refractivity contribution >= 4 is 29.5 Å². The van der Waals surface area contributed by atoms with Gasteiger partial charge in [0.1, 0.15) is 6.04 Å². The molecule has 0 saturated carbocycles. The Labute approximate surface area is 220 Å². The van der Waals surface area contributed by atoms with Gasteiger partial charge in [-0.15, -0.1) is 24.9 Å². The van der Waals surface area contributed by atoms with Crippen LogP contribution in [0.1, 0.15) is 66.2 Å². The van der Waals surface area contributed by atoms with Gasteiger partial charge < -0.3 is 19.6 Å². The number of carbonyl (C=O) groups excluding carboxylic acids is 3. The molecule has 3 fully saturated rings. The number of likely N-dealkylation sites (tertiary alicyclic amines) is 1. The number of nitrogens with zero attached hydrogens (tertiary/aromatic N) is 2. The van der Waals surface area contributed by atoms with Crippen LogP contribution in [0.5, 0.6) is 0 Å². The largest absolute Gasteiger partial charge is 0.465 e. The summed E-state index contributed by atoms with van der Waals surface area (Å²) in [5.74, 6) is -1.90. The van der Waals surface area contributed by atoms with Gasteiger partial charge in [0, 0.05) is 17.8 Å². The Morgan fingerprint density at radius 3 is 2.61 bits per heavy atom. The van der Waals surface area contributed by atoms with E-state index in [2.05, 4.69) is 20.1 Å². The van der Waals surface area contributed by atoms with Gasteiger partial charge in [-0.2, -0.15) is 0 Å². The lowest BCUT2D eigenvalue weighted by Gasteiger charge is -2.41. The number of carbonyl (C=O) groups is 3. The molecule has 7 nitrogen and oxygen atoms in total. The molecule has 3 aliphatic heterocycles. The SMILES string of the molecule is C=CCCOC(=O)[C@H]1[C@H]2C(=O)N([C@@H](CO)[C@@H](C)CC)C(C(=O)N(CC=C)CCCC)C23CC[C@]1(C)S3. The minimum atomic E-state index is -0.726. The minimum absolute atomic E-state index is 0.00347. The van der Waals surface area contributed by atoms with Gasteiger partial charge in [-0.3, -0.25) is 14.4 Å². The van der Waals surface area contributed by atoms with E-state index < -0.39 is 33.4 Å². The molecular weight excluding hydrogens is 476 g/mol. The number of thioether (sulfide) groups is 1. The summed E-state index contributed by atoms with van der Waals surface area (Å²) in [5.41, 5.74) is 0. The molecule has 8 heteroatoms. The first-order valence-electron chi connectivity index (χ1n) is 13.5. The second-order valence-corrected chi connectivity index (χ2v) is 12.7. The molecule has 0 aromatic heterocycles. The fourth-order valence-electron chi connectivity index (χ4n) is 6.47. The van der Waals surface area contributed by atoms with Crippen molar-refractivity contribution in [3.8, 4) is 0 Å². The fraction of sp³-hybridized carbons (Fsp3) is 0.750. The summed E-state index contributed by atoms with van der Waals surface area (Å²) in [6.45, 7) is 16.7. The van der Waals surface area contributed by atoms with E-state index in [4.69, 9.17) is 4.74 Å². The maximum Gasteiger partial charge on any atom is 0.311 e. The van der Waals surface area contributed by atoms with Crippen molar-refractivity contribution in [3.63, 3.8) is 0 Å². The topological polar surface area (TPSA) is 87.1 Å². The second kappa shape index (κ2) is 11.7. The summed E-state index contributed by atoms with van der Waals surface area (Å²) < 4.78 is 4.44. The summed E-state index contributed by atoms with van der Waals surface area (Å²) in [4.78, 5) is 45.4. The zero-order valence-corrected chi connectivity index (χ0v) is 23.2. The lowest BCUT2D eigenvalue weighted by atomic mass is 9.66. The highest BCUT2D eigenvalue weighted by atomic mass is 32.2. The van der Waals surface area contributed by atoms with Crippen LogP contribution in [-0.2, 0) is 19.1 Å². The summed E-state index contributed by atoms with van der Waals surface area (Å²) in [6, 6.07) is -1.21. The Balaban J connectivity index is 2.09. The quantitative estimate of drug-likeness (QED) is 0.213. The van der Waals surface area contributed by atoms with Crippen molar-refractivity contribution in [2.24, 2.45) is 17.8 Å². The van der Waals surface area contributed by atoms with Crippen LogP contribution in [0.25, 0.3) is 0 Å². The number of fused-ring (bicyclic) bond motifs is 1. The van der Waals surface area contributed by atoms with E-state index in [1.165, 1.54) is 0 Å². The molecule has 3 rings (SSSR count). The monoisotopic (exact) mass is 520 g/mol. The summed E-state index contributed by atoms with van der Waals surface area (Å²) in [7, 11) is 0. The molecule has 202 valence electrons. The molecule has 3 heterocycles. The summed E-state index contributed by atoms with van der Waals surface area (Å²) >= 11 is 1.64. The minimum Gasteiger partial charge on any atom is -0.465 e. The van der Waals surface area contributed by atoms with Crippen LogP contribution >= 0.6 is 11.8 Å². The average molecular weight is 521 g/mol. The number of aliphatic hydroxyl groups excluding tert-OH is 1. The molecule has 7 atom stereocenters. The second-order valence-electron chi connectivity index (χ2n) is 10.8. The van der Waals surface area contributed by atoms with Crippen molar-refractivity contribution in [2.75, 3.05) is 26.3 Å². The zero-order valence-electron chi connectivity index (χ0n) is 22.4. The molecular formula is C28H44N2O5S. The van der Waals surface area contributed by atoms with Crippen LogP contribution in [0.2, 0.25) is 0 Å². The molecule has 2 bridgehead atoms. The number of hydrogen-bond acceptors (Lipinski definition) is 6. The van der Waals surface area contributed by atoms with E-state index in [9.17, 15) is 19.5 Å². The van der Waals surface area contributed by atoms with Gasteiger partial charge >= 0.3 is 5.97 Å². The Bertz CT molecular complexity index is 865. The van der Waals surface area contributed by atoms with Gasteiger partial charge in [-0.1, -0.05) is 45.8 Å². The predicted octanol–water partition coefficient (Wildman–Crippen LogP) is 3.81. The Hall–Kier alpha value is -1.80. The molecule has 1 spiro atoms. The smallest absolute Gasteiger partial charge is 0.311 e. The molecule has 36 heavy (non-hydrogen) atoms. The van der Waals surface area contributed by atoms with Crippen molar-refractivity contribution in [3.05, 3.63) is 25.3 Å². The maximum absolute atomic E-state index is 14.3. The molecule has 0 aromatic rings. The standard InChI is InChI=1S/C28H44N2O5S/c1-7-11-16-29(15-9-3)25(33)23-28-14-13-27(6,36-28)22(26(34)35-17-12-8-2)21(28)24(32)30(23)20(18-31)19(5)10-4/h8-9,19-23,31H,2-3,7,10-18H2,1,4-6H3/t19-,20-,21-,22+,23?,27-,28?/m0/s1. The highest BCUT2D eigenvalue weighted by Gasteiger charge is 2.78. The van der Waals surface area contributed by atoms with Crippen LogP contribution in [-0.4, -0.2) is 80.6 Å². The normalized spacial score (nSPS) is 32.2. The average Bonchev–Trinajstić information content (AvgIpc) is 3.43. The highest BCUT2D eigenvalue weighted by Crippen LogP contribution is 2.72. The van der Waals surface area contributed by atoms with Crippen LogP contribution in [0.4, 0.5) is 0 Å². The third-order valence-corrected chi connectivity index (χ3v) is 10.5. The van der Waals surface area contributed by atoms with E-state index in [1.54, 1.807) is 33.7 Å². The number of rotatable bonds is 14. The third kappa shape index (κ3) is 4.75. The van der Waals surface area contributed by atoms with Crippen LogP contribution < -0.4 is 0 Å². The molecule has 0 radical (unpaired) electrons. The van der Waals surface area contributed by atoms with Gasteiger partial charge in [-0.25, -0.2) is 0 Å². The molecule has 0 aromatic carbocycles. The van der Waals surface area contributed by atoms with Crippen molar-refractivity contribution < 1.29 is 24.2 Å². The lowest BCUT2D eigenvalue weighted by Crippen LogP contribution is -2.58. The third-order valence-electron chi connectivity index (χ3n) is 8.56. The van der Waals surface area contributed by atoms with Gasteiger partial charge in [0.25, 0.3) is 0 Å². The van der Waals surface area contributed by atoms with E-state index in [1.807, 2.05) is 20.8 Å². The van der Waals surface area contributed by atoms with Crippen molar-refractivity contribution in [1.29, 1.82) is 0 Å². The molecule has 2 unspecified atom stereocenters. The number of esters is 1. The first-order valence-corrected chi connectivity index (χ1v) is 14.3. The highest BCUT2D eigenvalue weighted by molar-refractivity contribution is 8.02. The lowest BCUT2D eigenvalue weighted by molar-refractivity contribution is -0.156. The first kappa shape index (κ1) is 28.8. The van der Waals surface area contributed by atoms with Crippen molar-refractivity contribution in [1.82, 2.24) is 9.80 Å². The Kier molecular flexibility index (Phi) is 9.36. The molecule has 3 aliphatic rings. The maximum atomic E-state index is 14.3. The molecule has 3 saturated heterocycles. The number of ether oxygens (including phenoxy) is 1. The fourth-order valence-corrected chi connectivity index (χ4v) is 8.80. The zero-order chi connectivity index (χ0) is 26.7. The number of aliphatic hydroxyl groups is 1. The van der Waals surface area contributed by atoms with Crippen molar-refractivity contribution in [2.45, 2.75) is 87.8 Å². The Morgan fingerprint density at radius 1 is 1.31 bits per heavy atom. The molecule has 1 N–H and O–H groups in total. The summed E-state index contributed by atoms with van der Waals surface area (Å²) in [6.07, 6.45) is 7.96. The van der Waals surface area contributed by atoms with E-state index in [0.717, 1.165) is 25.7 Å². The van der Waals surface area contributed by atoms with Crippen LogP contribution in [0.15, 0.2) is 25.3 Å². The molecule has 0 aliphatic carbocycles. The number of unbranched alkanes of at least 4 members (excludes halogenated alkanes) is 1. The van der Waals surface area contributed by atoms with E-state index in [-0.39, 0.29) is 36.9 Å². The number of amides is 2. The van der Waals surface area contributed by atoms with Crippen LogP contribution in [0, 0.1) is 17.8 Å².